The third-order valence-electron chi connectivity index (χ3n) is 5.12. The molecule has 2 amide bonds. The van der Waals surface area contributed by atoms with Gasteiger partial charge in [0.15, 0.2) is 0 Å². The highest BCUT2D eigenvalue weighted by Gasteiger charge is 2.32. The fraction of sp³-hybridized carbons (Fsp3) is 0.375. The molecule has 2 aromatic carbocycles. The summed E-state index contributed by atoms with van der Waals surface area (Å²) in [5.41, 5.74) is 3.79. The van der Waals surface area contributed by atoms with Crippen LogP contribution in [-0.2, 0) is 20.8 Å². The molecule has 1 aliphatic rings. The van der Waals surface area contributed by atoms with Crippen molar-refractivity contribution in [2.24, 2.45) is 5.16 Å². The van der Waals surface area contributed by atoms with Gasteiger partial charge in [-0.15, -0.1) is 0 Å². The number of oxime groups is 1. The minimum absolute atomic E-state index is 0.211. The second-order valence-electron chi connectivity index (χ2n) is 8.05. The lowest BCUT2D eigenvalue weighted by molar-refractivity contribution is -0.135. The Morgan fingerprint density at radius 1 is 1.13 bits per heavy atom. The molecule has 0 aromatic heterocycles. The molecular weight excluding hydrogens is 392 g/mol. The fourth-order valence-corrected chi connectivity index (χ4v) is 3.28. The minimum atomic E-state index is -0.746. The molecule has 0 radical (unpaired) electrons. The first-order valence-corrected chi connectivity index (χ1v) is 10.5. The molecule has 2 atom stereocenters. The molecule has 1 heterocycles. The van der Waals surface area contributed by atoms with Gasteiger partial charge in [0.05, 0.1) is 5.71 Å². The van der Waals surface area contributed by atoms with Crippen molar-refractivity contribution in [1.82, 2.24) is 15.5 Å². The van der Waals surface area contributed by atoms with Crippen LogP contribution in [0, 0.1) is 6.92 Å². The number of hydrogen-bond acceptors (Lipinski definition) is 5. The third kappa shape index (κ3) is 6.65. The van der Waals surface area contributed by atoms with E-state index < -0.39 is 12.1 Å². The van der Waals surface area contributed by atoms with E-state index in [1.54, 1.807) is 0 Å². The Kier molecular flexibility index (Phi) is 7.78. The van der Waals surface area contributed by atoms with Crippen LogP contribution in [-0.4, -0.2) is 61.8 Å². The summed E-state index contributed by atoms with van der Waals surface area (Å²) < 4.78 is 0. The molecule has 31 heavy (non-hydrogen) atoms. The van der Waals surface area contributed by atoms with E-state index in [1.807, 2.05) is 80.5 Å². The summed E-state index contributed by atoms with van der Waals surface area (Å²) in [6.45, 7) is 3.24. The molecule has 0 saturated carbocycles. The van der Waals surface area contributed by atoms with Gasteiger partial charge in [-0.3, -0.25) is 9.59 Å². The van der Waals surface area contributed by atoms with Gasteiger partial charge in [-0.2, -0.15) is 0 Å². The largest absolute Gasteiger partial charge is 0.382 e. The first-order valence-electron chi connectivity index (χ1n) is 10.5. The molecule has 7 nitrogen and oxygen atoms in total. The van der Waals surface area contributed by atoms with E-state index in [9.17, 15) is 9.59 Å². The molecule has 1 aliphatic heterocycles. The number of amides is 2. The van der Waals surface area contributed by atoms with Crippen LogP contribution < -0.4 is 10.6 Å². The van der Waals surface area contributed by atoms with Gasteiger partial charge >= 0.3 is 0 Å². The molecule has 3 rings (SSSR count). The highest BCUT2D eigenvalue weighted by atomic mass is 16.6. The fourth-order valence-electron chi connectivity index (χ4n) is 3.28. The maximum Gasteiger partial charge on any atom is 0.265 e. The predicted molar refractivity (Wildman–Crippen MR) is 121 cm³/mol. The van der Waals surface area contributed by atoms with Crippen molar-refractivity contribution >= 4 is 17.5 Å². The second-order valence-corrected chi connectivity index (χ2v) is 8.05. The second kappa shape index (κ2) is 10.7. The van der Waals surface area contributed by atoms with E-state index in [4.69, 9.17) is 4.84 Å². The molecule has 0 fully saturated rings. The van der Waals surface area contributed by atoms with Gasteiger partial charge in [0, 0.05) is 25.9 Å². The average molecular weight is 423 g/mol. The zero-order valence-corrected chi connectivity index (χ0v) is 18.3. The first-order chi connectivity index (χ1) is 14.9. The van der Waals surface area contributed by atoms with Crippen molar-refractivity contribution in [3.8, 4) is 0 Å². The Labute approximate surface area is 183 Å². The Morgan fingerprint density at radius 2 is 1.84 bits per heavy atom. The number of benzene rings is 2. The van der Waals surface area contributed by atoms with Gasteiger partial charge in [-0.1, -0.05) is 65.3 Å². The van der Waals surface area contributed by atoms with Gasteiger partial charge < -0.3 is 20.4 Å². The van der Waals surface area contributed by atoms with Gasteiger partial charge in [0.2, 0.25) is 12.0 Å². The van der Waals surface area contributed by atoms with Crippen LogP contribution in [0.15, 0.2) is 59.8 Å². The Balaban J connectivity index is 1.62. The lowest BCUT2D eigenvalue weighted by atomic mass is 10.0. The van der Waals surface area contributed by atoms with Crippen LogP contribution in [0.3, 0.4) is 0 Å². The van der Waals surface area contributed by atoms with Crippen molar-refractivity contribution < 1.29 is 14.4 Å². The molecule has 7 heteroatoms. The molecule has 164 valence electrons. The number of rotatable bonds is 9. The van der Waals surface area contributed by atoms with Crippen molar-refractivity contribution in [1.29, 1.82) is 0 Å². The molecular formula is C24H30N4O3. The lowest BCUT2D eigenvalue weighted by Crippen LogP contribution is -2.51. The minimum Gasteiger partial charge on any atom is -0.382 e. The zero-order chi connectivity index (χ0) is 22.2. The number of nitrogens with one attached hydrogen (secondary N) is 2. The van der Waals surface area contributed by atoms with Crippen molar-refractivity contribution in [3.63, 3.8) is 0 Å². The number of aryl methyl sites for hydroxylation is 1. The summed E-state index contributed by atoms with van der Waals surface area (Å²) in [6, 6.07) is 16.9. The molecule has 2 aromatic rings. The molecule has 0 spiro atoms. The van der Waals surface area contributed by atoms with Crippen LogP contribution in [0.5, 0.6) is 0 Å². The van der Waals surface area contributed by atoms with Gasteiger partial charge in [-0.25, -0.2) is 0 Å². The van der Waals surface area contributed by atoms with Gasteiger partial charge in [-0.05, 0) is 32.1 Å². The summed E-state index contributed by atoms with van der Waals surface area (Å²) in [7, 11) is 3.89. The summed E-state index contributed by atoms with van der Waals surface area (Å²) in [6.07, 6.45) is 0.0256. The number of nitrogens with zero attached hydrogens (tertiary/aromatic N) is 2. The Bertz CT molecular complexity index is 910. The number of likely N-dealkylation sites (N-methyl/N-ethyl adjacent to an activating group) is 1. The number of hydrogen-bond donors (Lipinski definition) is 2. The van der Waals surface area contributed by atoms with Crippen molar-refractivity contribution in [3.05, 3.63) is 71.3 Å². The Hall–Kier alpha value is -3.19. The maximum atomic E-state index is 12.9. The third-order valence-corrected chi connectivity index (χ3v) is 5.12. The van der Waals surface area contributed by atoms with Crippen LogP contribution >= 0.6 is 0 Å². The topological polar surface area (TPSA) is 83.0 Å². The van der Waals surface area contributed by atoms with Gasteiger partial charge in [0.1, 0.15) is 6.04 Å². The van der Waals surface area contributed by atoms with Crippen LogP contribution in [0.1, 0.15) is 23.1 Å². The zero-order valence-electron chi connectivity index (χ0n) is 18.3. The normalized spacial score (nSPS) is 16.4. The standard InChI is InChI=1S/C24H30N4O3/c1-17-9-11-19(12-10-17)20-16-22(31-27-20)24(30)26-21(15-18-7-5-4-6-8-18)23(29)25-13-14-28(2)3/h4-12,21-22H,13-16H2,1-3H3,(H,25,29)(H,26,30). The summed E-state index contributed by atoms with van der Waals surface area (Å²) in [5, 5.41) is 9.86. The predicted octanol–water partition coefficient (Wildman–Crippen LogP) is 1.89. The van der Waals surface area contributed by atoms with Gasteiger partial charge in [0.25, 0.3) is 5.91 Å². The molecule has 2 unspecified atom stereocenters. The first kappa shape index (κ1) is 22.5. The summed E-state index contributed by atoms with van der Waals surface area (Å²) in [4.78, 5) is 33.0. The highest BCUT2D eigenvalue weighted by molar-refractivity contribution is 6.04. The Morgan fingerprint density at radius 3 is 2.52 bits per heavy atom. The van der Waals surface area contributed by atoms with Crippen molar-refractivity contribution in [2.75, 3.05) is 27.2 Å². The highest BCUT2D eigenvalue weighted by Crippen LogP contribution is 2.18. The van der Waals surface area contributed by atoms with Crippen LogP contribution in [0.2, 0.25) is 0 Å². The van der Waals surface area contributed by atoms with E-state index in [0.29, 0.717) is 19.4 Å². The molecule has 0 saturated heterocycles. The van der Waals surface area contributed by atoms with Crippen LogP contribution in [0.4, 0.5) is 0 Å². The lowest BCUT2D eigenvalue weighted by Gasteiger charge is -2.20. The molecule has 0 aliphatic carbocycles. The number of carbonyl (C=O) groups excluding carboxylic acids is 2. The van der Waals surface area contributed by atoms with E-state index in [2.05, 4.69) is 15.8 Å². The van der Waals surface area contributed by atoms with Crippen molar-refractivity contribution in [2.45, 2.75) is 31.9 Å². The van der Waals surface area contributed by atoms with E-state index in [1.165, 1.54) is 0 Å². The number of carbonyl (C=O) groups is 2. The smallest absolute Gasteiger partial charge is 0.265 e. The monoisotopic (exact) mass is 422 g/mol. The van der Waals surface area contributed by atoms with E-state index >= 15 is 0 Å². The maximum absolute atomic E-state index is 12.9. The molecule has 0 bridgehead atoms. The van der Waals surface area contributed by atoms with E-state index in [0.717, 1.165) is 28.9 Å². The summed E-state index contributed by atoms with van der Waals surface area (Å²) >= 11 is 0. The molecule has 2 N–H and O–H groups in total. The summed E-state index contributed by atoms with van der Waals surface area (Å²) in [5.74, 6) is -0.550. The van der Waals surface area contributed by atoms with Crippen LogP contribution in [0.25, 0.3) is 0 Å². The average Bonchev–Trinajstić information content (AvgIpc) is 3.24. The van der Waals surface area contributed by atoms with E-state index in [-0.39, 0.29) is 11.8 Å². The quantitative estimate of drug-likeness (QED) is 0.647. The SMILES string of the molecule is Cc1ccc(C2=NOC(C(=O)NC(Cc3ccccc3)C(=O)NCCN(C)C)C2)cc1.